The first-order valence-corrected chi connectivity index (χ1v) is 7.16. The van der Waals surface area contributed by atoms with Gasteiger partial charge in [-0.2, -0.15) is 0 Å². The Hall–Kier alpha value is -2.53. The number of ketones is 1. The zero-order valence-electron chi connectivity index (χ0n) is 11.8. The molecule has 2 heteroatoms. The van der Waals surface area contributed by atoms with Crippen LogP contribution in [0.25, 0.3) is 0 Å². The van der Waals surface area contributed by atoms with E-state index in [9.17, 15) is 4.79 Å². The van der Waals surface area contributed by atoms with E-state index in [1.807, 2.05) is 48.5 Å². The summed E-state index contributed by atoms with van der Waals surface area (Å²) in [6, 6.07) is 15.6. The molecule has 1 aliphatic rings. The van der Waals surface area contributed by atoms with Gasteiger partial charge in [-0.25, -0.2) is 0 Å². The van der Waals surface area contributed by atoms with Gasteiger partial charge >= 0.3 is 0 Å². The third kappa shape index (κ3) is 3.32. The molecule has 0 unspecified atom stereocenters. The Morgan fingerprint density at radius 1 is 1.05 bits per heavy atom. The Balaban J connectivity index is 1.65. The smallest absolute Gasteiger partial charge is 0.163 e. The molecule has 21 heavy (non-hydrogen) atoms. The number of carbonyl (C=O) groups excluding carboxylic acids is 1. The number of ether oxygens (including phenoxy) is 1. The Kier molecular flexibility index (Phi) is 4.02. The maximum Gasteiger partial charge on any atom is 0.163 e. The maximum absolute atomic E-state index is 11.9. The van der Waals surface area contributed by atoms with E-state index in [1.165, 1.54) is 0 Å². The Bertz CT molecular complexity index is 705. The fourth-order valence-electron chi connectivity index (χ4n) is 2.48. The SMILES string of the molecule is O=C1CCCc2ccc(OCC#Cc3ccccc3)cc21. The summed E-state index contributed by atoms with van der Waals surface area (Å²) < 4.78 is 5.62. The molecule has 0 aromatic heterocycles. The third-order valence-corrected chi connectivity index (χ3v) is 3.55. The van der Waals surface area contributed by atoms with E-state index < -0.39 is 0 Å². The average molecular weight is 276 g/mol. The molecular formula is C19H16O2. The van der Waals surface area contributed by atoms with Crippen molar-refractivity contribution in [3.05, 3.63) is 65.2 Å². The Morgan fingerprint density at radius 3 is 2.76 bits per heavy atom. The largest absolute Gasteiger partial charge is 0.481 e. The van der Waals surface area contributed by atoms with Crippen LogP contribution in [0.2, 0.25) is 0 Å². The van der Waals surface area contributed by atoms with Crippen molar-refractivity contribution >= 4 is 5.78 Å². The van der Waals surface area contributed by atoms with Crippen LogP contribution in [0, 0.1) is 11.8 Å². The van der Waals surface area contributed by atoms with Crippen molar-refractivity contribution in [2.24, 2.45) is 0 Å². The highest BCUT2D eigenvalue weighted by Crippen LogP contribution is 2.25. The van der Waals surface area contributed by atoms with Gasteiger partial charge in [0.25, 0.3) is 0 Å². The maximum atomic E-state index is 11.9. The molecule has 0 bridgehead atoms. The summed E-state index contributed by atoms with van der Waals surface area (Å²) in [7, 11) is 0. The van der Waals surface area contributed by atoms with Crippen LogP contribution in [0.15, 0.2) is 48.5 Å². The normalized spacial score (nSPS) is 13.0. The molecule has 2 aromatic rings. The third-order valence-electron chi connectivity index (χ3n) is 3.55. The van der Waals surface area contributed by atoms with Crippen molar-refractivity contribution in [1.29, 1.82) is 0 Å². The van der Waals surface area contributed by atoms with Gasteiger partial charge in [0.1, 0.15) is 12.4 Å². The summed E-state index contributed by atoms with van der Waals surface area (Å²) in [5.41, 5.74) is 2.92. The summed E-state index contributed by atoms with van der Waals surface area (Å²) >= 11 is 0. The number of aryl methyl sites for hydroxylation is 1. The summed E-state index contributed by atoms with van der Waals surface area (Å²) in [5.74, 6) is 6.96. The molecule has 0 saturated carbocycles. The van der Waals surface area contributed by atoms with Crippen molar-refractivity contribution in [2.75, 3.05) is 6.61 Å². The van der Waals surface area contributed by atoms with Gasteiger partial charge in [-0.3, -0.25) is 4.79 Å². The van der Waals surface area contributed by atoms with Gasteiger partial charge in [-0.05, 0) is 42.7 Å². The first-order chi connectivity index (χ1) is 10.3. The first-order valence-electron chi connectivity index (χ1n) is 7.16. The van der Waals surface area contributed by atoms with Gasteiger partial charge in [0.05, 0.1) is 0 Å². The molecule has 3 rings (SSSR count). The fraction of sp³-hybridized carbons (Fsp3) is 0.211. The molecular weight excluding hydrogens is 260 g/mol. The van der Waals surface area contributed by atoms with E-state index in [0.29, 0.717) is 18.8 Å². The van der Waals surface area contributed by atoms with E-state index in [4.69, 9.17) is 4.74 Å². The van der Waals surface area contributed by atoms with Crippen molar-refractivity contribution in [2.45, 2.75) is 19.3 Å². The quantitative estimate of drug-likeness (QED) is 0.783. The summed E-state index contributed by atoms with van der Waals surface area (Å²) in [6.07, 6.45) is 2.58. The van der Waals surface area contributed by atoms with Gasteiger partial charge in [-0.1, -0.05) is 36.1 Å². The lowest BCUT2D eigenvalue weighted by Gasteiger charge is -2.15. The number of hydrogen-bond donors (Lipinski definition) is 0. The van der Waals surface area contributed by atoms with Crippen LogP contribution in [0.5, 0.6) is 5.75 Å². The minimum absolute atomic E-state index is 0.220. The number of rotatable bonds is 2. The van der Waals surface area contributed by atoms with Gasteiger partial charge in [0.2, 0.25) is 0 Å². The van der Waals surface area contributed by atoms with Crippen molar-refractivity contribution in [1.82, 2.24) is 0 Å². The molecule has 2 nitrogen and oxygen atoms in total. The highest BCUT2D eigenvalue weighted by atomic mass is 16.5. The summed E-state index contributed by atoms with van der Waals surface area (Å²) in [6.45, 7) is 0.321. The topological polar surface area (TPSA) is 26.3 Å². The molecule has 0 atom stereocenters. The van der Waals surface area contributed by atoms with Crippen LogP contribution < -0.4 is 4.74 Å². The van der Waals surface area contributed by atoms with Crippen molar-refractivity contribution < 1.29 is 9.53 Å². The molecule has 0 amide bonds. The van der Waals surface area contributed by atoms with Gasteiger partial charge in [0, 0.05) is 17.5 Å². The van der Waals surface area contributed by atoms with E-state index >= 15 is 0 Å². The lowest BCUT2D eigenvalue weighted by Crippen LogP contribution is -2.10. The summed E-state index contributed by atoms with van der Waals surface area (Å²) in [4.78, 5) is 11.9. The molecule has 0 N–H and O–H groups in total. The van der Waals surface area contributed by atoms with E-state index in [-0.39, 0.29) is 5.78 Å². The summed E-state index contributed by atoms with van der Waals surface area (Å²) in [5, 5.41) is 0. The lowest BCUT2D eigenvalue weighted by atomic mass is 9.90. The number of Topliss-reactive ketones (excluding diaryl/α,β-unsaturated/α-hetero) is 1. The highest BCUT2D eigenvalue weighted by Gasteiger charge is 2.17. The van der Waals surface area contributed by atoms with Crippen LogP contribution in [-0.4, -0.2) is 12.4 Å². The number of benzene rings is 2. The van der Waals surface area contributed by atoms with Crippen molar-refractivity contribution in [3.63, 3.8) is 0 Å². The highest BCUT2D eigenvalue weighted by molar-refractivity contribution is 5.98. The minimum Gasteiger partial charge on any atom is -0.481 e. The minimum atomic E-state index is 0.220. The molecule has 1 aliphatic carbocycles. The fourth-order valence-corrected chi connectivity index (χ4v) is 2.48. The second-order valence-corrected chi connectivity index (χ2v) is 5.05. The number of carbonyl (C=O) groups is 1. The molecule has 2 aromatic carbocycles. The molecule has 0 saturated heterocycles. The monoisotopic (exact) mass is 276 g/mol. The van der Waals surface area contributed by atoms with Gasteiger partial charge < -0.3 is 4.74 Å². The molecule has 0 aliphatic heterocycles. The predicted octanol–water partition coefficient (Wildman–Crippen LogP) is 3.64. The number of fused-ring (bicyclic) bond motifs is 1. The first kappa shape index (κ1) is 13.5. The van der Waals surface area contributed by atoms with E-state index in [2.05, 4.69) is 11.8 Å². The average Bonchev–Trinajstić information content (AvgIpc) is 2.53. The van der Waals surface area contributed by atoms with E-state index in [0.717, 1.165) is 29.5 Å². The second-order valence-electron chi connectivity index (χ2n) is 5.05. The Morgan fingerprint density at radius 2 is 1.90 bits per heavy atom. The molecule has 104 valence electrons. The van der Waals surface area contributed by atoms with Crippen molar-refractivity contribution in [3.8, 4) is 17.6 Å². The second kappa shape index (κ2) is 6.28. The van der Waals surface area contributed by atoms with Crippen LogP contribution in [0.4, 0.5) is 0 Å². The van der Waals surface area contributed by atoms with Crippen LogP contribution >= 0.6 is 0 Å². The van der Waals surface area contributed by atoms with Crippen LogP contribution in [-0.2, 0) is 6.42 Å². The zero-order valence-corrected chi connectivity index (χ0v) is 11.8. The predicted molar refractivity (Wildman–Crippen MR) is 82.5 cm³/mol. The van der Waals surface area contributed by atoms with Gasteiger partial charge in [-0.15, -0.1) is 0 Å². The number of hydrogen-bond acceptors (Lipinski definition) is 2. The van der Waals surface area contributed by atoms with Crippen LogP contribution in [0.1, 0.15) is 34.3 Å². The molecule has 0 radical (unpaired) electrons. The Labute approximate surface area is 124 Å². The van der Waals surface area contributed by atoms with Crippen LogP contribution in [0.3, 0.4) is 0 Å². The molecule has 0 spiro atoms. The standard InChI is InChI=1S/C19H16O2/c20-19-10-4-9-16-11-12-17(14-18(16)19)21-13-5-8-15-6-2-1-3-7-15/h1-3,6-7,11-12,14H,4,9-10,13H2. The lowest BCUT2D eigenvalue weighted by molar-refractivity contribution is 0.0972. The van der Waals surface area contributed by atoms with Gasteiger partial charge in [0.15, 0.2) is 5.78 Å². The molecule has 0 heterocycles. The zero-order chi connectivity index (χ0) is 14.5. The van der Waals surface area contributed by atoms with E-state index in [1.54, 1.807) is 0 Å². The molecule has 0 fully saturated rings.